The summed E-state index contributed by atoms with van der Waals surface area (Å²) in [7, 11) is 0. The first kappa shape index (κ1) is 15.2. The first-order chi connectivity index (χ1) is 10.1. The van der Waals surface area contributed by atoms with Crippen LogP contribution in [0.25, 0.3) is 0 Å². The van der Waals surface area contributed by atoms with Crippen LogP contribution in [-0.2, 0) is 0 Å². The van der Waals surface area contributed by atoms with Crippen molar-refractivity contribution in [1.82, 2.24) is 12.9 Å². The Kier molecular flexibility index (Phi) is 4.27. The Bertz CT molecular complexity index is 366. The maximum absolute atomic E-state index is 2.80. The van der Waals surface area contributed by atoms with Crippen molar-refractivity contribution in [2.45, 2.75) is 57.5 Å². The van der Waals surface area contributed by atoms with E-state index in [9.17, 15) is 0 Å². The number of hydrogen-bond donors (Lipinski definition) is 0. The Balaban J connectivity index is 1.21. The van der Waals surface area contributed by atoms with Crippen LogP contribution in [0, 0.1) is 11.3 Å². The highest BCUT2D eigenvalue weighted by Gasteiger charge is 2.49. The molecular weight excluding hydrogens is 373 g/mol. The largest absolute Gasteiger partial charge is 0.297 e. The second-order valence-electron chi connectivity index (χ2n) is 8.36. The van der Waals surface area contributed by atoms with Crippen LogP contribution in [0.2, 0.25) is 0 Å². The number of nitrogens with zero attached hydrogens (tertiary/aromatic N) is 3. The van der Waals surface area contributed by atoms with Crippen molar-refractivity contribution in [2.24, 2.45) is 11.3 Å². The van der Waals surface area contributed by atoms with Gasteiger partial charge < -0.3 is 0 Å². The van der Waals surface area contributed by atoms with Crippen molar-refractivity contribution in [1.29, 1.82) is 0 Å². The van der Waals surface area contributed by atoms with Crippen LogP contribution in [0.1, 0.15) is 45.4 Å². The summed E-state index contributed by atoms with van der Waals surface area (Å²) in [4.78, 5) is 5.56. The Morgan fingerprint density at radius 1 is 0.905 bits per heavy atom. The van der Waals surface area contributed by atoms with E-state index in [4.69, 9.17) is 0 Å². The van der Waals surface area contributed by atoms with Crippen LogP contribution in [0.4, 0.5) is 0 Å². The molecule has 1 unspecified atom stereocenters. The average molecular weight is 403 g/mol. The van der Waals surface area contributed by atoms with Crippen LogP contribution in [-0.4, -0.2) is 64.3 Å². The molecule has 1 saturated carbocycles. The molecule has 3 nitrogen and oxygen atoms in total. The summed E-state index contributed by atoms with van der Waals surface area (Å²) in [5.41, 5.74) is 0.747. The molecule has 4 heteroatoms. The molecule has 0 bridgehead atoms. The van der Waals surface area contributed by atoms with E-state index >= 15 is 0 Å². The fourth-order valence-electron chi connectivity index (χ4n) is 4.99. The molecule has 3 saturated heterocycles. The maximum Gasteiger partial charge on any atom is 0.0351 e. The van der Waals surface area contributed by atoms with Crippen molar-refractivity contribution < 1.29 is 0 Å². The van der Waals surface area contributed by atoms with E-state index in [1.54, 1.807) is 0 Å². The standard InChI is InChI=1S/C17H30IN3/c1-14-4-6-17(7-5-14)12-20(13-17)16-9-19(10-16)15-3-2-8-21(18)11-15/h14-16H,2-13H2,1H3. The zero-order chi connectivity index (χ0) is 14.4. The van der Waals surface area contributed by atoms with Gasteiger partial charge in [-0.15, -0.1) is 0 Å². The molecule has 4 fully saturated rings. The lowest BCUT2D eigenvalue weighted by atomic mass is 9.65. The van der Waals surface area contributed by atoms with Crippen LogP contribution < -0.4 is 0 Å². The van der Waals surface area contributed by atoms with Crippen molar-refractivity contribution in [3.63, 3.8) is 0 Å². The quantitative estimate of drug-likeness (QED) is 0.519. The first-order valence-corrected chi connectivity index (χ1v) is 9.99. The summed E-state index contributed by atoms with van der Waals surface area (Å²) in [5.74, 6) is 0.992. The SMILES string of the molecule is CC1CCC2(CC1)CN(C1CN(C3CCCN(I)C3)C1)C2. The minimum atomic E-state index is 0.747. The number of halogens is 1. The summed E-state index contributed by atoms with van der Waals surface area (Å²) >= 11 is 2.51. The van der Waals surface area contributed by atoms with Crippen LogP contribution in [0.3, 0.4) is 0 Å². The highest BCUT2D eigenvalue weighted by Crippen LogP contribution is 2.47. The van der Waals surface area contributed by atoms with Gasteiger partial charge in [-0.1, -0.05) is 19.8 Å². The Morgan fingerprint density at radius 3 is 2.29 bits per heavy atom. The van der Waals surface area contributed by atoms with Gasteiger partial charge in [0, 0.05) is 74.2 Å². The molecule has 120 valence electrons. The van der Waals surface area contributed by atoms with E-state index < -0.39 is 0 Å². The smallest absolute Gasteiger partial charge is 0.0351 e. The van der Waals surface area contributed by atoms with Gasteiger partial charge in [0.25, 0.3) is 0 Å². The molecule has 0 amide bonds. The van der Waals surface area contributed by atoms with E-state index in [2.05, 4.69) is 42.7 Å². The number of rotatable bonds is 2. The molecule has 0 radical (unpaired) electrons. The average Bonchev–Trinajstić information content (AvgIpc) is 2.37. The summed E-state index contributed by atoms with van der Waals surface area (Å²) in [5, 5.41) is 0. The Morgan fingerprint density at radius 2 is 1.62 bits per heavy atom. The molecule has 1 aliphatic carbocycles. The van der Waals surface area contributed by atoms with Gasteiger partial charge in [-0.25, -0.2) is 3.11 Å². The molecule has 1 atom stereocenters. The first-order valence-electron chi connectivity index (χ1n) is 9.02. The molecule has 4 aliphatic rings. The lowest BCUT2D eigenvalue weighted by molar-refractivity contribution is -0.110. The third-order valence-electron chi connectivity index (χ3n) is 6.68. The highest BCUT2D eigenvalue weighted by atomic mass is 127. The third kappa shape index (κ3) is 3.02. The summed E-state index contributed by atoms with van der Waals surface area (Å²) in [6.45, 7) is 10.6. The summed E-state index contributed by atoms with van der Waals surface area (Å²) in [6.07, 6.45) is 8.80. The van der Waals surface area contributed by atoms with Crippen LogP contribution in [0.5, 0.6) is 0 Å². The normalized spacial score (nSPS) is 36.6. The second kappa shape index (κ2) is 5.91. The summed E-state index contributed by atoms with van der Waals surface area (Å²) < 4.78 is 2.49. The van der Waals surface area contributed by atoms with E-state index in [1.165, 1.54) is 77.8 Å². The van der Waals surface area contributed by atoms with Crippen molar-refractivity contribution in [2.75, 3.05) is 39.3 Å². The van der Waals surface area contributed by atoms with Gasteiger partial charge >= 0.3 is 0 Å². The molecule has 3 aliphatic heterocycles. The molecule has 0 aromatic carbocycles. The molecular formula is C17H30IN3. The minimum absolute atomic E-state index is 0.747. The maximum atomic E-state index is 2.80. The van der Waals surface area contributed by atoms with E-state index in [0.29, 0.717) is 0 Å². The van der Waals surface area contributed by atoms with Gasteiger partial charge in [-0.2, -0.15) is 0 Å². The third-order valence-corrected chi connectivity index (χ3v) is 7.56. The molecule has 1 spiro atoms. The fraction of sp³-hybridized carbons (Fsp3) is 1.00. The number of piperidine rings is 1. The Labute approximate surface area is 143 Å². The van der Waals surface area contributed by atoms with E-state index in [0.717, 1.165) is 23.4 Å². The van der Waals surface area contributed by atoms with Gasteiger partial charge in [0.1, 0.15) is 0 Å². The van der Waals surface area contributed by atoms with Crippen molar-refractivity contribution in [3.05, 3.63) is 0 Å². The fourth-order valence-corrected chi connectivity index (χ4v) is 5.78. The minimum Gasteiger partial charge on any atom is -0.297 e. The zero-order valence-corrected chi connectivity index (χ0v) is 15.6. The number of likely N-dealkylation sites (tertiary alicyclic amines) is 2. The molecule has 3 heterocycles. The predicted molar refractivity (Wildman–Crippen MR) is 95.6 cm³/mol. The lowest BCUT2D eigenvalue weighted by Crippen LogP contribution is -2.71. The summed E-state index contributed by atoms with van der Waals surface area (Å²) in [6, 6.07) is 1.73. The second-order valence-corrected chi connectivity index (χ2v) is 9.72. The van der Waals surface area contributed by atoms with Gasteiger partial charge in [-0.05, 0) is 37.0 Å². The molecule has 4 rings (SSSR count). The Hall–Kier alpha value is 0.610. The predicted octanol–water partition coefficient (Wildman–Crippen LogP) is 3.00. The van der Waals surface area contributed by atoms with Crippen molar-refractivity contribution >= 4 is 22.9 Å². The highest BCUT2D eigenvalue weighted by molar-refractivity contribution is 14.1. The number of hydrogen-bond acceptors (Lipinski definition) is 3. The molecule has 21 heavy (non-hydrogen) atoms. The topological polar surface area (TPSA) is 9.72 Å². The van der Waals surface area contributed by atoms with Crippen LogP contribution in [0.15, 0.2) is 0 Å². The van der Waals surface area contributed by atoms with E-state index in [-0.39, 0.29) is 0 Å². The van der Waals surface area contributed by atoms with E-state index in [1.807, 2.05) is 0 Å². The lowest BCUT2D eigenvalue weighted by Gasteiger charge is -2.60. The van der Waals surface area contributed by atoms with Gasteiger partial charge in [0.05, 0.1) is 0 Å². The van der Waals surface area contributed by atoms with Crippen molar-refractivity contribution in [3.8, 4) is 0 Å². The van der Waals surface area contributed by atoms with Gasteiger partial charge in [0.15, 0.2) is 0 Å². The monoisotopic (exact) mass is 403 g/mol. The molecule has 0 N–H and O–H groups in total. The van der Waals surface area contributed by atoms with Crippen LogP contribution >= 0.6 is 22.9 Å². The van der Waals surface area contributed by atoms with Gasteiger partial charge in [-0.3, -0.25) is 9.80 Å². The zero-order valence-electron chi connectivity index (χ0n) is 13.4. The molecule has 0 aromatic heterocycles. The molecule has 0 aromatic rings. The van der Waals surface area contributed by atoms with Gasteiger partial charge in [0.2, 0.25) is 0 Å².